The highest BCUT2D eigenvalue weighted by molar-refractivity contribution is 5.72. The van der Waals surface area contributed by atoms with Crippen molar-refractivity contribution in [2.45, 2.75) is 64.0 Å². The van der Waals surface area contributed by atoms with E-state index in [1.165, 1.54) is 37.7 Å². The SMILES string of the molecule is NOC(CCCC=C(Cn1ccnc1)C1CCCCC1)C(=O)O. The van der Waals surface area contributed by atoms with Gasteiger partial charge in [0.05, 0.1) is 6.33 Å². The summed E-state index contributed by atoms with van der Waals surface area (Å²) in [6, 6.07) is 0. The summed E-state index contributed by atoms with van der Waals surface area (Å²) in [5.41, 5.74) is 1.45. The van der Waals surface area contributed by atoms with Crippen molar-refractivity contribution >= 4 is 5.97 Å². The van der Waals surface area contributed by atoms with Crippen LogP contribution in [0.25, 0.3) is 0 Å². The van der Waals surface area contributed by atoms with Crippen LogP contribution in [0.4, 0.5) is 0 Å². The number of hydrogen-bond acceptors (Lipinski definition) is 4. The summed E-state index contributed by atoms with van der Waals surface area (Å²) in [4.78, 5) is 19.5. The lowest BCUT2D eigenvalue weighted by Crippen LogP contribution is -2.26. The van der Waals surface area contributed by atoms with Crippen molar-refractivity contribution in [2.24, 2.45) is 11.8 Å². The quantitative estimate of drug-likeness (QED) is 0.414. The molecular weight excluding hydrogens is 294 g/mol. The van der Waals surface area contributed by atoms with Crippen LogP contribution in [0.2, 0.25) is 0 Å². The minimum absolute atomic E-state index is 0.436. The highest BCUT2D eigenvalue weighted by atomic mass is 16.6. The smallest absolute Gasteiger partial charge is 0.334 e. The number of allylic oxidation sites excluding steroid dienone is 2. The molecule has 0 aliphatic heterocycles. The molecule has 0 radical (unpaired) electrons. The van der Waals surface area contributed by atoms with Gasteiger partial charge in [-0.3, -0.25) is 4.84 Å². The molecule has 1 saturated carbocycles. The molecule has 6 heteroatoms. The van der Waals surface area contributed by atoms with Crippen molar-refractivity contribution in [1.82, 2.24) is 9.55 Å². The Bertz CT molecular complexity index is 493. The third-order valence-corrected chi connectivity index (χ3v) is 4.57. The van der Waals surface area contributed by atoms with Gasteiger partial charge in [-0.05, 0) is 38.0 Å². The summed E-state index contributed by atoms with van der Waals surface area (Å²) < 4.78 is 2.10. The predicted molar refractivity (Wildman–Crippen MR) is 87.4 cm³/mol. The molecule has 1 aromatic heterocycles. The normalized spacial score (nSPS) is 18.0. The number of carboxylic acids is 1. The number of rotatable bonds is 9. The second kappa shape index (κ2) is 9.47. The van der Waals surface area contributed by atoms with Gasteiger partial charge in [-0.2, -0.15) is 0 Å². The van der Waals surface area contributed by atoms with Gasteiger partial charge in [0, 0.05) is 18.9 Å². The maximum atomic E-state index is 10.9. The van der Waals surface area contributed by atoms with Crippen molar-refractivity contribution in [3.8, 4) is 0 Å². The second-order valence-corrected chi connectivity index (χ2v) is 6.24. The fourth-order valence-electron chi connectivity index (χ4n) is 3.27. The number of hydrogen-bond donors (Lipinski definition) is 2. The zero-order chi connectivity index (χ0) is 16.5. The van der Waals surface area contributed by atoms with E-state index in [0.29, 0.717) is 12.3 Å². The molecule has 128 valence electrons. The maximum absolute atomic E-state index is 10.9. The summed E-state index contributed by atoms with van der Waals surface area (Å²) in [7, 11) is 0. The summed E-state index contributed by atoms with van der Waals surface area (Å²) in [5, 5.41) is 8.93. The van der Waals surface area contributed by atoms with Crippen LogP contribution < -0.4 is 5.90 Å². The highest BCUT2D eigenvalue weighted by Crippen LogP contribution is 2.31. The minimum Gasteiger partial charge on any atom is -0.479 e. The van der Waals surface area contributed by atoms with Crippen LogP contribution in [-0.2, 0) is 16.2 Å². The van der Waals surface area contributed by atoms with Crippen LogP contribution in [-0.4, -0.2) is 26.7 Å². The average Bonchev–Trinajstić information content (AvgIpc) is 3.07. The first-order valence-electron chi connectivity index (χ1n) is 8.43. The number of aliphatic carboxylic acids is 1. The van der Waals surface area contributed by atoms with Gasteiger partial charge in [0.1, 0.15) is 0 Å². The third kappa shape index (κ3) is 5.80. The standard InChI is InChI=1S/C17H27N3O3/c18-23-16(17(21)22)9-5-4-8-15(12-20-11-10-19-13-20)14-6-2-1-3-7-14/h8,10-11,13-14,16H,1-7,9,12,18H2,(H,21,22). The topological polar surface area (TPSA) is 90.4 Å². The zero-order valence-electron chi connectivity index (χ0n) is 13.6. The summed E-state index contributed by atoms with van der Waals surface area (Å²) in [6.45, 7) is 0.875. The molecule has 0 aromatic carbocycles. The number of nitrogens with zero attached hydrogens (tertiary/aromatic N) is 2. The molecule has 2 rings (SSSR count). The van der Waals surface area contributed by atoms with E-state index in [0.717, 1.165) is 19.4 Å². The van der Waals surface area contributed by atoms with E-state index in [1.807, 2.05) is 12.5 Å². The Morgan fingerprint density at radius 1 is 1.43 bits per heavy atom. The van der Waals surface area contributed by atoms with Gasteiger partial charge in [-0.15, -0.1) is 0 Å². The molecule has 1 aliphatic rings. The molecule has 23 heavy (non-hydrogen) atoms. The number of unbranched alkanes of at least 4 members (excludes halogenated alkanes) is 1. The largest absolute Gasteiger partial charge is 0.479 e. The average molecular weight is 321 g/mol. The maximum Gasteiger partial charge on any atom is 0.334 e. The molecule has 6 nitrogen and oxygen atoms in total. The molecule has 0 amide bonds. The predicted octanol–water partition coefficient (Wildman–Crippen LogP) is 2.90. The van der Waals surface area contributed by atoms with Crippen molar-refractivity contribution in [1.29, 1.82) is 0 Å². The lowest BCUT2D eigenvalue weighted by molar-refractivity contribution is -0.151. The first kappa shape index (κ1) is 17.7. The Labute approximate surface area is 137 Å². The highest BCUT2D eigenvalue weighted by Gasteiger charge is 2.19. The molecule has 1 atom stereocenters. The van der Waals surface area contributed by atoms with E-state index in [2.05, 4.69) is 20.5 Å². The van der Waals surface area contributed by atoms with Gasteiger partial charge >= 0.3 is 5.97 Å². The first-order chi connectivity index (χ1) is 11.2. The molecule has 1 aromatic rings. The first-order valence-corrected chi connectivity index (χ1v) is 8.43. The molecule has 0 bridgehead atoms. The monoisotopic (exact) mass is 321 g/mol. The molecule has 1 heterocycles. The van der Waals surface area contributed by atoms with Gasteiger partial charge in [0.2, 0.25) is 0 Å². The van der Waals surface area contributed by atoms with Crippen molar-refractivity contribution < 1.29 is 14.7 Å². The van der Waals surface area contributed by atoms with Gasteiger partial charge in [0.15, 0.2) is 6.10 Å². The van der Waals surface area contributed by atoms with Crippen LogP contribution in [0.5, 0.6) is 0 Å². The molecule has 3 N–H and O–H groups in total. The second-order valence-electron chi connectivity index (χ2n) is 6.24. The van der Waals surface area contributed by atoms with E-state index < -0.39 is 12.1 Å². The Balaban J connectivity index is 1.91. The summed E-state index contributed by atoms with van der Waals surface area (Å²) in [5.74, 6) is 4.66. The van der Waals surface area contributed by atoms with Crippen molar-refractivity contribution in [3.63, 3.8) is 0 Å². The zero-order valence-corrected chi connectivity index (χ0v) is 13.6. The molecule has 0 spiro atoms. The van der Waals surface area contributed by atoms with Crippen LogP contribution in [0.3, 0.4) is 0 Å². The fourth-order valence-corrected chi connectivity index (χ4v) is 3.27. The van der Waals surface area contributed by atoms with Gasteiger partial charge in [-0.25, -0.2) is 15.7 Å². The van der Waals surface area contributed by atoms with Crippen LogP contribution >= 0.6 is 0 Å². The number of carbonyl (C=O) groups is 1. The fraction of sp³-hybridized carbons (Fsp3) is 0.647. The molecular formula is C17H27N3O3. The third-order valence-electron chi connectivity index (χ3n) is 4.57. The van der Waals surface area contributed by atoms with Crippen LogP contribution in [0.1, 0.15) is 51.4 Å². The van der Waals surface area contributed by atoms with E-state index in [-0.39, 0.29) is 0 Å². The lowest BCUT2D eigenvalue weighted by Gasteiger charge is -2.25. The van der Waals surface area contributed by atoms with Crippen molar-refractivity contribution in [3.05, 3.63) is 30.4 Å². The number of nitrogens with two attached hydrogens (primary N) is 1. The van der Waals surface area contributed by atoms with Crippen LogP contribution in [0, 0.1) is 5.92 Å². The van der Waals surface area contributed by atoms with E-state index in [9.17, 15) is 4.79 Å². The Hall–Kier alpha value is -1.66. The molecule has 1 fully saturated rings. The molecule has 1 unspecified atom stereocenters. The van der Waals surface area contributed by atoms with E-state index >= 15 is 0 Å². The van der Waals surface area contributed by atoms with Gasteiger partial charge in [-0.1, -0.05) is 30.9 Å². The van der Waals surface area contributed by atoms with Gasteiger partial charge in [0.25, 0.3) is 0 Å². The van der Waals surface area contributed by atoms with Crippen LogP contribution in [0.15, 0.2) is 30.4 Å². The van der Waals surface area contributed by atoms with Crippen molar-refractivity contribution in [2.75, 3.05) is 0 Å². The number of aromatic nitrogens is 2. The summed E-state index contributed by atoms with van der Waals surface area (Å²) >= 11 is 0. The molecule has 0 saturated heterocycles. The summed E-state index contributed by atoms with van der Waals surface area (Å²) in [6.07, 6.45) is 15.5. The lowest BCUT2D eigenvalue weighted by atomic mass is 9.83. The number of imidazole rings is 1. The Morgan fingerprint density at radius 2 is 2.22 bits per heavy atom. The van der Waals surface area contributed by atoms with E-state index in [1.54, 1.807) is 6.20 Å². The molecule has 1 aliphatic carbocycles. The minimum atomic E-state index is -0.998. The Kier molecular flexibility index (Phi) is 7.29. The van der Waals surface area contributed by atoms with E-state index in [4.69, 9.17) is 11.0 Å². The Morgan fingerprint density at radius 3 is 2.83 bits per heavy atom. The van der Waals surface area contributed by atoms with Gasteiger partial charge < -0.3 is 9.67 Å². The number of carboxylic acid groups (broad SMARTS) is 1.